The Kier molecular flexibility index (Phi) is 4.69. The topological polar surface area (TPSA) is 110 Å². The molecule has 0 aliphatic carbocycles. The maximum absolute atomic E-state index is 10.9. The molecule has 0 bridgehead atoms. The number of hydrogen-bond acceptors (Lipinski definition) is 5. The zero-order chi connectivity index (χ0) is 17.0. The molecule has 0 saturated heterocycles. The van der Waals surface area contributed by atoms with Crippen molar-refractivity contribution in [3.63, 3.8) is 0 Å². The number of allylic oxidation sites excluding steroid dienone is 1. The predicted octanol–water partition coefficient (Wildman–Crippen LogP) is 4.22. The van der Waals surface area contributed by atoms with Gasteiger partial charge >= 0.3 is 0 Å². The van der Waals surface area contributed by atoms with Crippen LogP contribution in [0.5, 0.6) is 0 Å². The molecule has 23 heavy (non-hydrogen) atoms. The van der Waals surface area contributed by atoms with Crippen molar-refractivity contribution >= 4 is 34.6 Å². The van der Waals surface area contributed by atoms with Gasteiger partial charge < -0.3 is 0 Å². The van der Waals surface area contributed by atoms with E-state index in [0.717, 1.165) is 0 Å². The van der Waals surface area contributed by atoms with Gasteiger partial charge in [0.25, 0.3) is 11.4 Å². The predicted molar refractivity (Wildman–Crippen MR) is 84.7 cm³/mol. The molecule has 0 spiro atoms. The number of hydrogen-bond donors (Lipinski definition) is 0. The van der Waals surface area contributed by atoms with Crippen molar-refractivity contribution in [1.29, 1.82) is 5.26 Å². The second kappa shape index (κ2) is 6.68. The Balaban J connectivity index is 2.43. The van der Waals surface area contributed by atoms with Crippen LogP contribution in [0, 0.1) is 31.6 Å². The summed E-state index contributed by atoms with van der Waals surface area (Å²) >= 11 is 5.73. The van der Waals surface area contributed by atoms with Crippen molar-refractivity contribution in [2.75, 3.05) is 0 Å². The van der Waals surface area contributed by atoms with E-state index in [-0.39, 0.29) is 22.0 Å². The molecule has 0 aliphatic rings. The zero-order valence-electron chi connectivity index (χ0n) is 11.5. The van der Waals surface area contributed by atoms with Gasteiger partial charge in [-0.1, -0.05) is 17.7 Å². The Morgan fingerprint density at radius 1 is 1.09 bits per heavy atom. The smallest absolute Gasteiger partial charge is 0.258 e. The van der Waals surface area contributed by atoms with E-state index in [1.165, 1.54) is 48.5 Å². The van der Waals surface area contributed by atoms with Gasteiger partial charge in [-0.15, -0.1) is 0 Å². The van der Waals surface area contributed by atoms with Crippen LogP contribution in [-0.2, 0) is 0 Å². The van der Waals surface area contributed by atoms with Crippen molar-refractivity contribution in [3.8, 4) is 6.07 Å². The van der Waals surface area contributed by atoms with Crippen molar-refractivity contribution in [1.82, 2.24) is 0 Å². The van der Waals surface area contributed by atoms with Crippen LogP contribution in [0.25, 0.3) is 11.6 Å². The van der Waals surface area contributed by atoms with Gasteiger partial charge in [-0.2, -0.15) is 5.26 Å². The quantitative estimate of drug-likeness (QED) is 0.361. The summed E-state index contributed by atoms with van der Waals surface area (Å²) in [7, 11) is 0. The van der Waals surface area contributed by atoms with Crippen LogP contribution in [0.4, 0.5) is 11.4 Å². The minimum atomic E-state index is -0.613. The summed E-state index contributed by atoms with van der Waals surface area (Å²) < 4.78 is 0. The van der Waals surface area contributed by atoms with E-state index in [1.54, 1.807) is 0 Å². The SMILES string of the molecule is N#C/C(=C\c1ccc(Cl)c([N+](=O)[O-])c1)c1ccc([N+](=O)[O-])cc1. The number of nitro groups is 2. The Hall–Kier alpha value is -3.24. The number of non-ortho nitro benzene ring substituents is 1. The van der Waals surface area contributed by atoms with Crippen molar-refractivity contribution < 1.29 is 9.85 Å². The first-order chi connectivity index (χ1) is 10.9. The standard InChI is InChI=1S/C15H8ClN3O4/c16-14-6-1-10(8-15(14)19(22)23)7-12(9-17)11-2-4-13(5-3-11)18(20)21/h1-8H/b12-7+. The molecule has 7 nitrogen and oxygen atoms in total. The van der Waals surface area contributed by atoms with Gasteiger partial charge in [0.05, 0.1) is 21.5 Å². The van der Waals surface area contributed by atoms with Gasteiger partial charge in [0.2, 0.25) is 0 Å². The molecule has 0 N–H and O–H groups in total. The Labute approximate surface area is 135 Å². The summed E-state index contributed by atoms with van der Waals surface area (Å²) in [4.78, 5) is 20.3. The summed E-state index contributed by atoms with van der Waals surface area (Å²) in [6, 6.07) is 11.6. The second-order valence-electron chi connectivity index (χ2n) is 4.44. The maximum Gasteiger partial charge on any atom is 0.288 e. The summed E-state index contributed by atoms with van der Waals surface area (Å²) in [6.45, 7) is 0. The molecule has 0 heterocycles. The Bertz CT molecular complexity index is 854. The number of halogens is 1. The van der Waals surface area contributed by atoms with Crippen molar-refractivity contribution in [2.45, 2.75) is 0 Å². The third-order valence-electron chi connectivity index (χ3n) is 2.99. The Morgan fingerprint density at radius 2 is 1.74 bits per heavy atom. The normalized spacial score (nSPS) is 10.9. The largest absolute Gasteiger partial charge is 0.288 e. The lowest BCUT2D eigenvalue weighted by atomic mass is 10.0. The molecular weight excluding hydrogens is 322 g/mol. The molecule has 0 aromatic heterocycles. The van der Waals surface area contributed by atoms with Gasteiger partial charge in [0.15, 0.2) is 0 Å². The third-order valence-corrected chi connectivity index (χ3v) is 3.31. The molecule has 2 rings (SSSR count). The van der Waals surface area contributed by atoms with Crippen molar-refractivity contribution in [3.05, 3.63) is 78.8 Å². The van der Waals surface area contributed by atoms with Gasteiger partial charge in [0.1, 0.15) is 5.02 Å². The second-order valence-corrected chi connectivity index (χ2v) is 4.85. The molecule has 0 unspecified atom stereocenters. The lowest BCUT2D eigenvalue weighted by Crippen LogP contribution is -1.90. The fourth-order valence-corrected chi connectivity index (χ4v) is 2.06. The zero-order valence-corrected chi connectivity index (χ0v) is 12.2. The van der Waals surface area contributed by atoms with Crippen LogP contribution in [0.1, 0.15) is 11.1 Å². The first-order valence-corrected chi connectivity index (χ1v) is 6.60. The van der Waals surface area contributed by atoms with Crippen molar-refractivity contribution in [2.24, 2.45) is 0 Å². The highest BCUT2D eigenvalue weighted by Gasteiger charge is 2.13. The average molecular weight is 330 g/mol. The molecule has 0 atom stereocenters. The number of nitro benzene ring substituents is 2. The van der Waals surface area contributed by atoms with E-state index in [1.807, 2.05) is 6.07 Å². The van der Waals surface area contributed by atoms with Gasteiger partial charge in [-0.3, -0.25) is 20.2 Å². The number of nitriles is 1. The highest BCUT2D eigenvalue weighted by atomic mass is 35.5. The highest BCUT2D eigenvalue weighted by molar-refractivity contribution is 6.32. The minimum absolute atomic E-state index is 0.000920. The summed E-state index contributed by atoms with van der Waals surface area (Å²) in [5.41, 5.74) is 0.762. The summed E-state index contributed by atoms with van der Waals surface area (Å²) in [5.74, 6) is 0. The molecule has 0 fully saturated rings. The van der Waals surface area contributed by atoms with Crippen LogP contribution in [-0.4, -0.2) is 9.85 Å². The van der Waals surface area contributed by atoms with Crippen LogP contribution < -0.4 is 0 Å². The van der Waals surface area contributed by atoms with E-state index in [2.05, 4.69) is 0 Å². The molecule has 0 radical (unpaired) electrons. The average Bonchev–Trinajstić information content (AvgIpc) is 2.54. The van der Waals surface area contributed by atoms with Crippen LogP contribution in [0.3, 0.4) is 0 Å². The van der Waals surface area contributed by atoms with E-state index in [4.69, 9.17) is 11.6 Å². The summed E-state index contributed by atoms with van der Waals surface area (Å²) in [5, 5.41) is 30.7. The molecule has 2 aromatic carbocycles. The van der Waals surface area contributed by atoms with E-state index < -0.39 is 9.85 Å². The monoisotopic (exact) mass is 329 g/mol. The van der Waals surface area contributed by atoms with E-state index >= 15 is 0 Å². The third kappa shape index (κ3) is 3.70. The number of rotatable bonds is 4. The maximum atomic E-state index is 10.9. The van der Waals surface area contributed by atoms with Crippen LogP contribution in [0.15, 0.2) is 42.5 Å². The van der Waals surface area contributed by atoms with Gasteiger partial charge in [-0.25, -0.2) is 0 Å². The highest BCUT2D eigenvalue weighted by Crippen LogP contribution is 2.27. The summed E-state index contributed by atoms with van der Waals surface area (Å²) in [6.07, 6.45) is 1.45. The first-order valence-electron chi connectivity index (χ1n) is 6.23. The molecule has 0 saturated carbocycles. The van der Waals surface area contributed by atoms with E-state index in [9.17, 15) is 25.5 Å². The minimum Gasteiger partial charge on any atom is -0.258 e. The van der Waals surface area contributed by atoms with Crippen LogP contribution >= 0.6 is 11.6 Å². The van der Waals surface area contributed by atoms with Gasteiger partial charge in [-0.05, 0) is 35.4 Å². The fraction of sp³-hybridized carbons (Fsp3) is 0. The lowest BCUT2D eigenvalue weighted by molar-refractivity contribution is -0.385. The molecule has 114 valence electrons. The molecule has 8 heteroatoms. The molecule has 2 aromatic rings. The Morgan fingerprint density at radius 3 is 2.26 bits per heavy atom. The van der Waals surface area contributed by atoms with E-state index in [0.29, 0.717) is 11.1 Å². The molecular formula is C15H8ClN3O4. The number of benzene rings is 2. The molecule has 0 aliphatic heterocycles. The molecule has 0 amide bonds. The number of nitrogens with zero attached hydrogens (tertiary/aromatic N) is 3. The lowest BCUT2D eigenvalue weighted by Gasteiger charge is -2.01. The fourth-order valence-electron chi connectivity index (χ4n) is 1.87. The first kappa shape index (κ1) is 16.1. The van der Waals surface area contributed by atoms with Gasteiger partial charge in [0, 0.05) is 18.2 Å². The van der Waals surface area contributed by atoms with Crippen LogP contribution in [0.2, 0.25) is 5.02 Å².